The fourth-order valence-corrected chi connectivity index (χ4v) is 5.48. The van der Waals surface area contributed by atoms with Crippen molar-refractivity contribution < 1.29 is 0 Å². The molecule has 0 N–H and O–H groups in total. The van der Waals surface area contributed by atoms with Crippen LogP contribution in [0.3, 0.4) is 0 Å². The van der Waals surface area contributed by atoms with Gasteiger partial charge in [0.25, 0.3) is 0 Å². The highest BCUT2D eigenvalue weighted by atomic mass is 15.4. The van der Waals surface area contributed by atoms with Crippen LogP contribution in [0, 0.1) is 0 Å². The Balaban J connectivity index is 2.27. The first-order valence-corrected chi connectivity index (χ1v) is 16.0. The summed E-state index contributed by atoms with van der Waals surface area (Å²) in [6, 6.07) is 0. The van der Waals surface area contributed by atoms with Gasteiger partial charge in [-0.15, -0.1) is 0 Å². The summed E-state index contributed by atoms with van der Waals surface area (Å²) in [6.45, 7) is 9.46. The monoisotopic (exact) mass is 477 g/mol. The van der Waals surface area contributed by atoms with E-state index in [1.807, 2.05) is 0 Å². The van der Waals surface area contributed by atoms with Gasteiger partial charge in [-0.2, -0.15) is 0 Å². The summed E-state index contributed by atoms with van der Waals surface area (Å²) in [7, 11) is 0. The molecule has 0 atom stereocenters. The molecule has 0 saturated carbocycles. The Morgan fingerprint density at radius 2 is 0.676 bits per heavy atom. The quantitative estimate of drug-likeness (QED) is 0.114. The zero-order valence-corrected chi connectivity index (χ0v) is 24.0. The van der Waals surface area contributed by atoms with Crippen LogP contribution in [0.5, 0.6) is 0 Å². The van der Waals surface area contributed by atoms with Gasteiger partial charge >= 0.3 is 0 Å². The highest BCUT2D eigenvalue weighted by molar-refractivity contribution is 4.97. The Kier molecular flexibility index (Phi) is 22.2. The second kappa shape index (κ2) is 24.1. The number of rotatable bonds is 26. The SMILES string of the molecule is CCCCCCCCCCCC1N(CCCCCCCCC)C=CN1CCCCCCCCC. The topological polar surface area (TPSA) is 6.48 Å². The molecule has 0 fully saturated rings. The molecule has 0 unspecified atom stereocenters. The molecule has 0 amide bonds. The van der Waals surface area contributed by atoms with Gasteiger partial charge in [0.15, 0.2) is 0 Å². The van der Waals surface area contributed by atoms with Gasteiger partial charge in [-0.25, -0.2) is 0 Å². The van der Waals surface area contributed by atoms with Crippen molar-refractivity contribution in [1.29, 1.82) is 0 Å². The van der Waals surface area contributed by atoms with E-state index in [0.717, 1.165) is 0 Å². The standard InChI is InChI=1S/C32H64N2/c1-4-7-10-13-16-17-18-21-24-27-32-33(28-25-22-19-14-11-8-5-2)30-31-34(32)29-26-23-20-15-12-9-6-3/h30-32H,4-29H2,1-3H3. The Labute approximate surface area is 216 Å². The highest BCUT2D eigenvalue weighted by Gasteiger charge is 2.24. The molecule has 2 nitrogen and oxygen atoms in total. The number of unbranched alkanes of at least 4 members (excludes halogenated alkanes) is 20. The molecule has 0 aromatic carbocycles. The van der Waals surface area contributed by atoms with E-state index in [-0.39, 0.29) is 0 Å². The van der Waals surface area contributed by atoms with Crippen LogP contribution >= 0.6 is 0 Å². The summed E-state index contributed by atoms with van der Waals surface area (Å²) in [5.41, 5.74) is 0. The Morgan fingerprint density at radius 3 is 1.03 bits per heavy atom. The van der Waals surface area contributed by atoms with Gasteiger partial charge in [-0.05, 0) is 25.7 Å². The fourth-order valence-electron chi connectivity index (χ4n) is 5.48. The summed E-state index contributed by atoms with van der Waals surface area (Å²) < 4.78 is 0. The molecule has 1 heterocycles. The van der Waals surface area contributed by atoms with Gasteiger partial charge in [0, 0.05) is 25.5 Å². The third-order valence-electron chi connectivity index (χ3n) is 7.82. The van der Waals surface area contributed by atoms with Crippen molar-refractivity contribution >= 4 is 0 Å². The normalized spacial score (nSPS) is 14.1. The third-order valence-corrected chi connectivity index (χ3v) is 7.82. The lowest BCUT2D eigenvalue weighted by molar-refractivity contribution is 0.135. The Morgan fingerprint density at radius 1 is 0.382 bits per heavy atom. The van der Waals surface area contributed by atoms with Crippen molar-refractivity contribution in [3.63, 3.8) is 0 Å². The number of hydrogen-bond donors (Lipinski definition) is 0. The van der Waals surface area contributed by atoms with Crippen molar-refractivity contribution in [2.24, 2.45) is 0 Å². The van der Waals surface area contributed by atoms with Crippen LogP contribution in [-0.2, 0) is 0 Å². The predicted molar refractivity (Wildman–Crippen MR) is 154 cm³/mol. The smallest absolute Gasteiger partial charge is 0.101 e. The van der Waals surface area contributed by atoms with Crippen molar-refractivity contribution in [3.05, 3.63) is 12.4 Å². The molecule has 1 rings (SSSR count). The van der Waals surface area contributed by atoms with E-state index in [0.29, 0.717) is 6.17 Å². The van der Waals surface area contributed by atoms with Crippen LogP contribution in [0.2, 0.25) is 0 Å². The minimum absolute atomic E-state index is 0.643. The average Bonchev–Trinajstić information content (AvgIpc) is 3.23. The van der Waals surface area contributed by atoms with Crippen LogP contribution in [-0.4, -0.2) is 29.1 Å². The van der Waals surface area contributed by atoms with Gasteiger partial charge in [0.1, 0.15) is 6.17 Å². The summed E-state index contributed by atoms with van der Waals surface area (Å²) in [4.78, 5) is 5.38. The van der Waals surface area contributed by atoms with E-state index < -0.39 is 0 Å². The first kappa shape index (κ1) is 31.4. The Hall–Kier alpha value is -0.660. The summed E-state index contributed by atoms with van der Waals surface area (Å²) >= 11 is 0. The molecule has 0 radical (unpaired) electrons. The van der Waals surface area contributed by atoms with E-state index >= 15 is 0 Å². The first-order chi connectivity index (χ1) is 16.8. The van der Waals surface area contributed by atoms with Crippen LogP contribution in [0.1, 0.15) is 175 Å². The maximum absolute atomic E-state index is 2.69. The lowest BCUT2D eigenvalue weighted by Gasteiger charge is -2.33. The molecule has 1 aliphatic rings. The third kappa shape index (κ3) is 16.9. The molecule has 202 valence electrons. The van der Waals surface area contributed by atoms with Gasteiger partial charge in [-0.3, -0.25) is 0 Å². The lowest BCUT2D eigenvalue weighted by Crippen LogP contribution is -2.39. The van der Waals surface area contributed by atoms with Crippen LogP contribution in [0.15, 0.2) is 12.4 Å². The number of hydrogen-bond acceptors (Lipinski definition) is 2. The molecular formula is C32H64N2. The largest absolute Gasteiger partial charge is 0.356 e. The summed E-state index contributed by atoms with van der Waals surface area (Å²) in [5, 5.41) is 0. The zero-order valence-electron chi connectivity index (χ0n) is 24.0. The van der Waals surface area contributed by atoms with Crippen molar-refractivity contribution in [1.82, 2.24) is 9.80 Å². The lowest BCUT2D eigenvalue weighted by atomic mass is 10.0. The maximum atomic E-state index is 2.69. The maximum Gasteiger partial charge on any atom is 0.101 e. The highest BCUT2D eigenvalue weighted by Crippen LogP contribution is 2.24. The molecule has 34 heavy (non-hydrogen) atoms. The minimum atomic E-state index is 0.643. The zero-order chi connectivity index (χ0) is 24.5. The molecule has 0 bridgehead atoms. The van der Waals surface area contributed by atoms with Gasteiger partial charge in [0.2, 0.25) is 0 Å². The Bertz CT molecular complexity index is 405. The van der Waals surface area contributed by atoms with E-state index in [1.165, 1.54) is 167 Å². The fraction of sp³-hybridized carbons (Fsp3) is 0.938. The predicted octanol–water partition coefficient (Wildman–Crippen LogP) is 10.8. The molecule has 0 saturated heterocycles. The minimum Gasteiger partial charge on any atom is -0.356 e. The van der Waals surface area contributed by atoms with Crippen LogP contribution in [0.4, 0.5) is 0 Å². The van der Waals surface area contributed by atoms with E-state index in [4.69, 9.17) is 0 Å². The van der Waals surface area contributed by atoms with E-state index in [1.54, 1.807) is 0 Å². The molecule has 1 aliphatic heterocycles. The second-order valence-corrected chi connectivity index (χ2v) is 11.1. The van der Waals surface area contributed by atoms with Crippen LogP contribution < -0.4 is 0 Å². The average molecular weight is 477 g/mol. The molecule has 0 aromatic heterocycles. The van der Waals surface area contributed by atoms with Gasteiger partial charge < -0.3 is 9.80 Å². The molecule has 0 spiro atoms. The van der Waals surface area contributed by atoms with Crippen molar-refractivity contribution in [2.75, 3.05) is 13.1 Å². The molecule has 0 aromatic rings. The van der Waals surface area contributed by atoms with Crippen molar-refractivity contribution in [3.8, 4) is 0 Å². The van der Waals surface area contributed by atoms with Crippen LogP contribution in [0.25, 0.3) is 0 Å². The summed E-state index contributed by atoms with van der Waals surface area (Å²) in [5.74, 6) is 0. The van der Waals surface area contributed by atoms with Gasteiger partial charge in [-0.1, -0.05) is 149 Å². The molecular weight excluding hydrogens is 412 g/mol. The van der Waals surface area contributed by atoms with Gasteiger partial charge in [0.05, 0.1) is 0 Å². The van der Waals surface area contributed by atoms with E-state index in [2.05, 4.69) is 43.0 Å². The first-order valence-electron chi connectivity index (χ1n) is 16.0. The summed E-state index contributed by atoms with van der Waals surface area (Å²) in [6.07, 6.45) is 39.5. The molecule has 0 aliphatic carbocycles. The van der Waals surface area contributed by atoms with E-state index in [9.17, 15) is 0 Å². The number of nitrogens with zero attached hydrogens (tertiary/aromatic N) is 2. The molecule has 2 heteroatoms. The van der Waals surface area contributed by atoms with Crippen molar-refractivity contribution in [2.45, 2.75) is 181 Å². The second-order valence-electron chi connectivity index (χ2n) is 11.1.